The van der Waals surface area contributed by atoms with Crippen molar-refractivity contribution >= 4 is 22.8 Å². The Morgan fingerprint density at radius 1 is 1.40 bits per heavy atom. The molecule has 2 N–H and O–H groups in total. The first kappa shape index (κ1) is 18.5. The number of ether oxygens (including phenoxy) is 1. The van der Waals surface area contributed by atoms with Gasteiger partial charge in [0.2, 0.25) is 0 Å². The smallest absolute Gasteiger partial charge is 0.279 e. The van der Waals surface area contributed by atoms with E-state index >= 15 is 0 Å². The molecule has 0 fully saturated rings. The van der Waals surface area contributed by atoms with E-state index in [0.29, 0.717) is 16.3 Å². The molecule has 1 aromatic heterocycles. The summed E-state index contributed by atoms with van der Waals surface area (Å²) in [6.07, 6.45) is 0.731. The quantitative estimate of drug-likeness (QED) is 0.614. The number of nitriles is 1. The van der Waals surface area contributed by atoms with Crippen LogP contribution in [-0.2, 0) is 4.79 Å². The fraction of sp³-hybridized carbons (Fsp3) is 0.278. The van der Waals surface area contributed by atoms with Crippen LogP contribution < -0.4 is 15.6 Å². The average molecular weight is 356 g/mol. The fourth-order valence-corrected chi connectivity index (χ4v) is 2.76. The number of rotatable bonds is 6. The molecule has 130 valence electrons. The van der Waals surface area contributed by atoms with E-state index in [9.17, 15) is 10.1 Å². The van der Waals surface area contributed by atoms with E-state index in [1.807, 2.05) is 44.4 Å². The topological polar surface area (TPSA) is 87.0 Å². The van der Waals surface area contributed by atoms with E-state index in [1.54, 1.807) is 6.92 Å². The highest BCUT2D eigenvalue weighted by molar-refractivity contribution is 7.10. The summed E-state index contributed by atoms with van der Waals surface area (Å²) in [4.78, 5) is 16.4. The Hall–Kier alpha value is -2.85. The number of aromatic nitrogens is 1. The van der Waals surface area contributed by atoms with E-state index in [1.165, 1.54) is 17.5 Å². The molecule has 0 saturated carbocycles. The first-order valence-electron chi connectivity index (χ1n) is 7.73. The number of carbonyl (C=O) groups excluding carboxylic acids is 1. The van der Waals surface area contributed by atoms with Gasteiger partial charge < -0.3 is 10.2 Å². The second-order valence-corrected chi connectivity index (χ2v) is 6.41. The SMILES string of the molecule is Cc1csc(/C(C#N)=C/NNC(=O)[C@@H](C)Oc2cccc(C)c2C)n1. The summed E-state index contributed by atoms with van der Waals surface area (Å²) in [5.41, 5.74) is 8.45. The summed E-state index contributed by atoms with van der Waals surface area (Å²) in [7, 11) is 0. The van der Waals surface area contributed by atoms with Crippen LogP contribution in [0.15, 0.2) is 29.8 Å². The lowest BCUT2D eigenvalue weighted by molar-refractivity contribution is -0.128. The van der Waals surface area contributed by atoms with Crippen molar-refractivity contribution in [2.24, 2.45) is 0 Å². The standard InChI is InChI=1S/C18H20N4O2S/c1-11-6-5-7-16(13(11)3)24-14(4)17(23)22-20-9-15(8-19)18-21-12(2)10-25-18/h5-7,9-10,14,20H,1-4H3,(H,22,23)/b15-9+/t14-/m1/s1. The zero-order valence-corrected chi connectivity index (χ0v) is 15.4. The molecule has 1 aromatic carbocycles. The van der Waals surface area contributed by atoms with Crippen molar-refractivity contribution < 1.29 is 9.53 Å². The largest absolute Gasteiger partial charge is 0.481 e. The van der Waals surface area contributed by atoms with Crippen molar-refractivity contribution in [1.29, 1.82) is 5.26 Å². The Balaban J connectivity index is 1.94. The number of amides is 1. The van der Waals surface area contributed by atoms with Gasteiger partial charge in [-0.2, -0.15) is 5.26 Å². The lowest BCUT2D eigenvalue weighted by atomic mass is 10.1. The monoisotopic (exact) mass is 356 g/mol. The first-order chi connectivity index (χ1) is 11.9. The molecule has 2 rings (SSSR count). The number of hydrogen-bond donors (Lipinski definition) is 2. The van der Waals surface area contributed by atoms with Gasteiger partial charge in [-0.3, -0.25) is 10.2 Å². The molecule has 0 saturated heterocycles. The van der Waals surface area contributed by atoms with Crippen LogP contribution >= 0.6 is 11.3 Å². The molecule has 1 atom stereocenters. The molecule has 0 aliphatic rings. The average Bonchev–Trinajstić information content (AvgIpc) is 3.01. The third-order valence-corrected chi connectivity index (χ3v) is 4.60. The Morgan fingerprint density at radius 2 is 2.16 bits per heavy atom. The summed E-state index contributed by atoms with van der Waals surface area (Å²) >= 11 is 1.37. The second-order valence-electron chi connectivity index (χ2n) is 5.56. The molecule has 0 bridgehead atoms. The summed E-state index contributed by atoms with van der Waals surface area (Å²) in [6, 6.07) is 7.76. The fourth-order valence-electron chi connectivity index (χ4n) is 2.00. The summed E-state index contributed by atoms with van der Waals surface area (Å²) < 4.78 is 5.71. The zero-order valence-electron chi connectivity index (χ0n) is 14.6. The number of nitrogens with zero attached hydrogens (tertiary/aromatic N) is 2. The van der Waals surface area contributed by atoms with Gasteiger partial charge in [0.15, 0.2) is 6.10 Å². The Labute approximate surface area is 151 Å². The molecule has 0 unspecified atom stereocenters. The molecule has 0 aliphatic heterocycles. The Kier molecular flexibility index (Phi) is 6.14. The van der Waals surface area contributed by atoms with Crippen LogP contribution in [0.4, 0.5) is 0 Å². The Morgan fingerprint density at radius 3 is 2.80 bits per heavy atom. The minimum atomic E-state index is -0.686. The second kappa shape index (κ2) is 8.31. The van der Waals surface area contributed by atoms with Crippen molar-refractivity contribution in [3.8, 4) is 11.8 Å². The summed E-state index contributed by atoms with van der Waals surface area (Å²) in [5, 5.41) is 11.6. The minimum Gasteiger partial charge on any atom is -0.481 e. The van der Waals surface area contributed by atoms with E-state index in [-0.39, 0.29) is 5.91 Å². The predicted octanol–water partition coefficient (Wildman–Crippen LogP) is 3.02. The molecule has 0 aliphatic carbocycles. The third kappa shape index (κ3) is 4.81. The van der Waals surface area contributed by atoms with Crippen LogP contribution in [0.3, 0.4) is 0 Å². The molecule has 0 spiro atoms. The van der Waals surface area contributed by atoms with Crippen LogP contribution in [-0.4, -0.2) is 17.0 Å². The van der Waals surface area contributed by atoms with Gasteiger partial charge in [-0.15, -0.1) is 11.3 Å². The summed E-state index contributed by atoms with van der Waals surface area (Å²) in [6.45, 7) is 7.46. The maximum atomic E-state index is 12.1. The predicted molar refractivity (Wildman–Crippen MR) is 97.7 cm³/mol. The van der Waals surface area contributed by atoms with Crippen molar-refractivity contribution in [3.05, 3.63) is 51.6 Å². The number of thiazole rings is 1. The van der Waals surface area contributed by atoms with Gasteiger partial charge in [0.25, 0.3) is 5.91 Å². The number of nitrogens with one attached hydrogen (secondary N) is 2. The number of hydrogen-bond acceptors (Lipinski definition) is 6. The van der Waals surface area contributed by atoms with E-state index in [0.717, 1.165) is 16.8 Å². The molecule has 7 heteroatoms. The lowest BCUT2D eigenvalue weighted by Crippen LogP contribution is -2.42. The van der Waals surface area contributed by atoms with Crippen LogP contribution in [0.25, 0.3) is 5.57 Å². The Bertz CT molecular complexity index is 836. The number of aryl methyl sites for hydroxylation is 2. The van der Waals surface area contributed by atoms with Crippen LogP contribution in [0.5, 0.6) is 5.75 Å². The number of carbonyl (C=O) groups is 1. The van der Waals surface area contributed by atoms with Gasteiger partial charge in [0.1, 0.15) is 22.4 Å². The molecule has 2 aromatic rings. The molecule has 25 heavy (non-hydrogen) atoms. The van der Waals surface area contributed by atoms with E-state index < -0.39 is 6.10 Å². The van der Waals surface area contributed by atoms with Crippen LogP contribution in [0, 0.1) is 32.1 Å². The summed E-state index contributed by atoms with van der Waals surface area (Å²) in [5.74, 6) is 0.332. The molecular formula is C18H20N4O2S. The zero-order chi connectivity index (χ0) is 18.4. The number of allylic oxidation sites excluding steroid dienone is 1. The van der Waals surface area contributed by atoms with Crippen LogP contribution in [0.2, 0.25) is 0 Å². The van der Waals surface area contributed by atoms with Gasteiger partial charge in [-0.1, -0.05) is 12.1 Å². The van der Waals surface area contributed by atoms with Gasteiger partial charge in [0.05, 0.1) is 0 Å². The number of benzene rings is 1. The maximum absolute atomic E-state index is 12.1. The highest BCUT2D eigenvalue weighted by Gasteiger charge is 2.15. The highest BCUT2D eigenvalue weighted by atomic mass is 32.1. The minimum absolute atomic E-state index is 0.343. The molecular weight excluding hydrogens is 336 g/mol. The normalized spacial score (nSPS) is 12.2. The van der Waals surface area contributed by atoms with Gasteiger partial charge in [0, 0.05) is 17.3 Å². The van der Waals surface area contributed by atoms with E-state index in [2.05, 4.69) is 21.9 Å². The first-order valence-corrected chi connectivity index (χ1v) is 8.61. The molecule has 6 nitrogen and oxygen atoms in total. The van der Waals surface area contributed by atoms with Gasteiger partial charge in [-0.05, 0) is 44.9 Å². The van der Waals surface area contributed by atoms with Gasteiger partial charge >= 0.3 is 0 Å². The van der Waals surface area contributed by atoms with Gasteiger partial charge in [-0.25, -0.2) is 4.98 Å². The number of hydrazine groups is 1. The third-order valence-electron chi connectivity index (χ3n) is 3.61. The van der Waals surface area contributed by atoms with Crippen molar-refractivity contribution in [2.45, 2.75) is 33.8 Å². The van der Waals surface area contributed by atoms with Crippen molar-refractivity contribution in [3.63, 3.8) is 0 Å². The molecule has 0 radical (unpaired) electrons. The molecule has 1 heterocycles. The van der Waals surface area contributed by atoms with Crippen molar-refractivity contribution in [2.75, 3.05) is 0 Å². The molecule has 1 amide bonds. The van der Waals surface area contributed by atoms with Crippen molar-refractivity contribution in [1.82, 2.24) is 15.8 Å². The maximum Gasteiger partial charge on any atom is 0.279 e. The highest BCUT2D eigenvalue weighted by Crippen LogP contribution is 2.21. The van der Waals surface area contributed by atoms with Crippen LogP contribution in [0.1, 0.15) is 28.8 Å². The lowest BCUT2D eigenvalue weighted by Gasteiger charge is -2.17. The van der Waals surface area contributed by atoms with E-state index in [4.69, 9.17) is 4.74 Å².